The zero-order valence-electron chi connectivity index (χ0n) is 17.4. The summed E-state index contributed by atoms with van der Waals surface area (Å²) >= 11 is 0. The summed E-state index contributed by atoms with van der Waals surface area (Å²) < 4.78 is 16.0. The van der Waals surface area contributed by atoms with Crippen molar-refractivity contribution < 1.29 is 23.8 Å². The minimum atomic E-state index is -0.588. The minimum absolute atomic E-state index is 0.161. The number of rotatable bonds is 7. The van der Waals surface area contributed by atoms with E-state index in [4.69, 9.17) is 14.2 Å². The third kappa shape index (κ3) is 5.82. The highest BCUT2D eigenvalue weighted by Crippen LogP contribution is 2.38. The third-order valence-corrected chi connectivity index (χ3v) is 4.20. The molecule has 0 spiro atoms. The fourth-order valence-corrected chi connectivity index (χ4v) is 2.83. The predicted molar refractivity (Wildman–Crippen MR) is 114 cm³/mol. The Balaban J connectivity index is 2.74. The monoisotopic (exact) mass is 394 g/mol. The van der Waals surface area contributed by atoms with E-state index in [1.54, 1.807) is 19.3 Å². The highest BCUT2D eigenvalue weighted by molar-refractivity contribution is 5.99. The molecule has 2 aromatic carbocycles. The molecule has 5 nitrogen and oxygen atoms in total. The van der Waals surface area contributed by atoms with Gasteiger partial charge >= 0.3 is 11.9 Å². The Morgan fingerprint density at radius 1 is 1.00 bits per heavy atom. The van der Waals surface area contributed by atoms with Gasteiger partial charge in [0.1, 0.15) is 11.3 Å². The number of hydrogen-bond donors (Lipinski definition) is 0. The van der Waals surface area contributed by atoms with Crippen LogP contribution in [0.4, 0.5) is 0 Å². The first-order valence-corrected chi connectivity index (χ1v) is 9.24. The molecule has 0 saturated heterocycles. The van der Waals surface area contributed by atoms with E-state index in [1.807, 2.05) is 56.3 Å². The molecular formula is C24H26O5. The van der Waals surface area contributed by atoms with Crippen molar-refractivity contribution in [1.29, 1.82) is 0 Å². The molecule has 0 N–H and O–H groups in total. The van der Waals surface area contributed by atoms with Crippen LogP contribution in [0, 0.1) is 0 Å². The van der Waals surface area contributed by atoms with Crippen molar-refractivity contribution in [2.75, 3.05) is 14.2 Å². The van der Waals surface area contributed by atoms with Gasteiger partial charge in [0.15, 0.2) is 5.75 Å². The third-order valence-electron chi connectivity index (χ3n) is 4.20. The molecule has 0 unspecified atom stereocenters. The van der Waals surface area contributed by atoms with Crippen molar-refractivity contribution in [2.24, 2.45) is 0 Å². The Labute approximate surface area is 171 Å². The SMILES string of the molecule is COC(=O)c1c(C=Cc2ccccc2)cc(OC)c(CC=C(C)C)c1OC(C)=O. The van der Waals surface area contributed by atoms with Gasteiger partial charge in [-0.2, -0.15) is 0 Å². The number of carbonyl (C=O) groups is 2. The summed E-state index contributed by atoms with van der Waals surface area (Å²) in [5, 5.41) is 0. The van der Waals surface area contributed by atoms with E-state index in [9.17, 15) is 9.59 Å². The standard InChI is InChI=1S/C24H26O5/c1-16(2)11-14-20-21(27-4)15-19(13-12-18-9-7-6-8-10-18)22(24(26)28-5)23(20)29-17(3)25/h6-13,15H,14H2,1-5H3. The summed E-state index contributed by atoms with van der Waals surface area (Å²) in [6.07, 6.45) is 6.07. The van der Waals surface area contributed by atoms with Crippen molar-refractivity contribution in [3.05, 3.63) is 70.3 Å². The number of benzene rings is 2. The van der Waals surface area contributed by atoms with Crippen molar-refractivity contribution >= 4 is 24.1 Å². The molecule has 0 heterocycles. The topological polar surface area (TPSA) is 61.8 Å². The molecule has 2 aromatic rings. The Morgan fingerprint density at radius 3 is 2.24 bits per heavy atom. The molecule has 0 aliphatic carbocycles. The first-order valence-electron chi connectivity index (χ1n) is 9.24. The average Bonchev–Trinajstić information content (AvgIpc) is 2.70. The van der Waals surface area contributed by atoms with Gasteiger partial charge in [-0.3, -0.25) is 4.79 Å². The van der Waals surface area contributed by atoms with E-state index >= 15 is 0 Å². The van der Waals surface area contributed by atoms with Crippen LogP contribution in [0.2, 0.25) is 0 Å². The molecule has 152 valence electrons. The summed E-state index contributed by atoms with van der Waals surface area (Å²) in [6, 6.07) is 11.4. The maximum Gasteiger partial charge on any atom is 0.342 e. The lowest BCUT2D eigenvalue weighted by Gasteiger charge is -2.18. The van der Waals surface area contributed by atoms with E-state index in [0.29, 0.717) is 23.3 Å². The average molecular weight is 394 g/mol. The van der Waals surface area contributed by atoms with E-state index in [2.05, 4.69) is 0 Å². The summed E-state index contributed by atoms with van der Waals surface area (Å²) in [7, 11) is 2.84. The Morgan fingerprint density at radius 2 is 1.69 bits per heavy atom. The molecule has 0 aromatic heterocycles. The molecule has 0 saturated carbocycles. The quantitative estimate of drug-likeness (QED) is 0.283. The lowest BCUT2D eigenvalue weighted by Crippen LogP contribution is -2.14. The van der Waals surface area contributed by atoms with Crippen molar-refractivity contribution in [1.82, 2.24) is 0 Å². The van der Waals surface area contributed by atoms with Crippen molar-refractivity contribution in [3.63, 3.8) is 0 Å². The van der Waals surface area contributed by atoms with Gasteiger partial charge in [-0.05, 0) is 37.5 Å². The number of carbonyl (C=O) groups excluding carboxylic acids is 2. The van der Waals surface area contributed by atoms with Crippen LogP contribution in [0.1, 0.15) is 47.8 Å². The van der Waals surface area contributed by atoms with Crippen LogP contribution in [0.25, 0.3) is 12.2 Å². The normalized spacial score (nSPS) is 10.5. The predicted octanol–water partition coefficient (Wildman–Crippen LogP) is 5.09. The van der Waals surface area contributed by atoms with Gasteiger partial charge in [0.25, 0.3) is 0 Å². The molecule has 0 bridgehead atoms. The summed E-state index contributed by atoms with van der Waals surface area (Å²) in [6.45, 7) is 5.23. The van der Waals surface area contributed by atoms with Crippen LogP contribution in [0.5, 0.6) is 11.5 Å². The van der Waals surface area contributed by atoms with Gasteiger partial charge in [0, 0.05) is 12.5 Å². The summed E-state index contributed by atoms with van der Waals surface area (Å²) in [5.74, 6) is -0.428. The molecular weight excluding hydrogens is 368 g/mol. The fourth-order valence-electron chi connectivity index (χ4n) is 2.83. The van der Waals surface area contributed by atoms with E-state index in [1.165, 1.54) is 14.0 Å². The zero-order chi connectivity index (χ0) is 21.4. The van der Waals surface area contributed by atoms with Crippen molar-refractivity contribution in [3.8, 4) is 11.5 Å². The van der Waals surface area contributed by atoms with Crippen LogP contribution in [-0.2, 0) is 16.0 Å². The first-order chi connectivity index (χ1) is 13.9. The van der Waals surface area contributed by atoms with E-state index in [0.717, 1.165) is 11.1 Å². The fraction of sp³-hybridized carbons (Fsp3) is 0.250. The molecule has 0 aliphatic heterocycles. The smallest absolute Gasteiger partial charge is 0.342 e. The molecule has 2 rings (SSSR count). The second-order valence-electron chi connectivity index (χ2n) is 6.67. The van der Waals surface area contributed by atoms with E-state index in [-0.39, 0.29) is 11.3 Å². The van der Waals surface area contributed by atoms with Crippen molar-refractivity contribution in [2.45, 2.75) is 27.2 Å². The van der Waals surface area contributed by atoms with Gasteiger partial charge in [-0.1, -0.05) is 54.1 Å². The zero-order valence-corrected chi connectivity index (χ0v) is 17.4. The van der Waals surface area contributed by atoms with Gasteiger partial charge in [-0.25, -0.2) is 4.79 Å². The lowest BCUT2D eigenvalue weighted by atomic mass is 9.97. The molecule has 0 amide bonds. The second kappa shape index (κ2) is 10.3. The second-order valence-corrected chi connectivity index (χ2v) is 6.67. The summed E-state index contributed by atoms with van der Waals surface area (Å²) in [5.41, 5.74) is 3.39. The summed E-state index contributed by atoms with van der Waals surface area (Å²) in [4.78, 5) is 24.4. The van der Waals surface area contributed by atoms with Gasteiger partial charge < -0.3 is 14.2 Å². The Hall–Kier alpha value is -3.34. The van der Waals surface area contributed by atoms with E-state index < -0.39 is 11.9 Å². The number of ether oxygens (including phenoxy) is 3. The number of methoxy groups -OCH3 is 2. The Kier molecular flexibility index (Phi) is 7.78. The largest absolute Gasteiger partial charge is 0.496 e. The first kappa shape index (κ1) is 22.0. The molecule has 0 radical (unpaired) electrons. The lowest BCUT2D eigenvalue weighted by molar-refractivity contribution is -0.131. The molecule has 0 atom stereocenters. The van der Waals surface area contributed by atoms with Crippen LogP contribution in [-0.4, -0.2) is 26.2 Å². The maximum atomic E-state index is 12.6. The van der Waals surface area contributed by atoms with Gasteiger partial charge in [0.05, 0.1) is 14.2 Å². The molecule has 0 aliphatic rings. The molecule has 0 fully saturated rings. The molecule has 29 heavy (non-hydrogen) atoms. The number of esters is 2. The minimum Gasteiger partial charge on any atom is -0.496 e. The number of hydrogen-bond acceptors (Lipinski definition) is 5. The number of allylic oxidation sites excluding steroid dienone is 2. The van der Waals surface area contributed by atoms with Crippen LogP contribution in [0.15, 0.2) is 48.0 Å². The van der Waals surface area contributed by atoms with Crippen LogP contribution >= 0.6 is 0 Å². The van der Waals surface area contributed by atoms with Gasteiger partial charge in [-0.15, -0.1) is 0 Å². The maximum absolute atomic E-state index is 12.6. The Bertz CT molecular complexity index is 935. The highest BCUT2D eigenvalue weighted by Gasteiger charge is 2.25. The van der Waals surface area contributed by atoms with Gasteiger partial charge in [0.2, 0.25) is 0 Å². The van der Waals surface area contributed by atoms with Crippen LogP contribution < -0.4 is 9.47 Å². The molecule has 5 heteroatoms. The highest BCUT2D eigenvalue weighted by atomic mass is 16.5. The van der Waals surface area contributed by atoms with Crippen LogP contribution in [0.3, 0.4) is 0 Å².